The van der Waals surface area contributed by atoms with Crippen molar-refractivity contribution >= 4 is 24.4 Å². The van der Waals surface area contributed by atoms with Gasteiger partial charge in [-0.3, -0.25) is 5.32 Å². The molecule has 0 bridgehead atoms. The minimum atomic E-state index is -0.490. The first-order chi connectivity index (χ1) is 6.88. The Kier molecular flexibility index (Phi) is 3.63. The number of rotatable bonds is 1. The van der Waals surface area contributed by atoms with E-state index in [2.05, 4.69) is 17.9 Å². The summed E-state index contributed by atoms with van der Waals surface area (Å²) in [5.74, 6) is 0. The summed E-state index contributed by atoms with van der Waals surface area (Å²) in [5, 5.41) is 2.63. The van der Waals surface area contributed by atoms with Crippen LogP contribution in [0.15, 0.2) is 29.2 Å². The van der Waals surface area contributed by atoms with Gasteiger partial charge in [0.05, 0.1) is 5.69 Å². The summed E-state index contributed by atoms with van der Waals surface area (Å²) >= 11 is 4.21. The molecule has 0 aliphatic heterocycles. The second kappa shape index (κ2) is 4.57. The number of amides is 1. The lowest BCUT2D eigenvalue weighted by Crippen LogP contribution is -2.27. The van der Waals surface area contributed by atoms with Crippen molar-refractivity contribution in [3.8, 4) is 0 Å². The molecule has 0 aromatic heterocycles. The lowest BCUT2D eigenvalue weighted by atomic mass is 10.2. The average Bonchev–Trinajstić information content (AvgIpc) is 2.05. The molecule has 0 fully saturated rings. The fraction of sp³-hybridized carbons (Fsp3) is 0.364. The molecular weight excluding hydrogens is 210 g/mol. The van der Waals surface area contributed by atoms with Gasteiger partial charge in [0.15, 0.2) is 0 Å². The topological polar surface area (TPSA) is 38.3 Å². The van der Waals surface area contributed by atoms with Crippen LogP contribution in [-0.2, 0) is 4.74 Å². The molecule has 0 aliphatic carbocycles. The number of para-hydroxylation sites is 1. The molecule has 1 amide bonds. The Labute approximate surface area is 95.2 Å². The van der Waals surface area contributed by atoms with Crippen LogP contribution in [0.25, 0.3) is 0 Å². The highest BCUT2D eigenvalue weighted by Gasteiger charge is 2.16. The Hall–Kier alpha value is -1.16. The lowest BCUT2D eigenvalue weighted by Gasteiger charge is -2.20. The molecule has 0 heterocycles. The van der Waals surface area contributed by atoms with Gasteiger partial charge in [-0.15, -0.1) is 12.6 Å². The summed E-state index contributed by atoms with van der Waals surface area (Å²) in [6, 6.07) is 7.25. The minimum Gasteiger partial charge on any atom is -0.444 e. The third-order valence-corrected chi connectivity index (χ3v) is 1.93. The van der Waals surface area contributed by atoms with E-state index < -0.39 is 11.7 Å². The molecule has 0 aliphatic rings. The van der Waals surface area contributed by atoms with E-state index in [0.29, 0.717) is 10.6 Å². The predicted octanol–water partition coefficient (Wildman–Crippen LogP) is 3.32. The number of benzene rings is 1. The van der Waals surface area contributed by atoms with Crippen LogP contribution in [0, 0.1) is 0 Å². The van der Waals surface area contributed by atoms with Gasteiger partial charge in [0.2, 0.25) is 0 Å². The van der Waals surface area contributed by atoms with Crippen molar-refractivity contribution in [1.82, 2.24) is 0 Å². The van der Waals surface area contributed by atoms with Crippen LogP contribution in [-0.4, -0.2) is 11.7 Å². The second-order valence-electron chi connectivity index (χ2n) is 4.14. The Balaban J connectivity index is 2.64. The van der Waals surface area contributed by atoms with E-state index in [1.54, 1.807) is 12.1 Å². The predicted molar refractivity (Wildman–Crippen MR) is 63.6 cm³/mol. The Morgan fingerprint density at radius 3 is 2.47 bits per heavy atom. The number of nitrogens with one attached hydrogen (secondary N) is 1. The largest absolute Gasteiger partial charge is 0.444 e. The molecule has 1 N–H and O–H groups in total. The van der Waals surface area contributed by atoms with E-state index in [1.807, 2.05) is 32.9 Å². The fourth-order valence-corrected chi connectivity index (χ4v) is 1.21. The quantitative estimate of drug-likeness (QED) is 0.719. The zero-order chi connectivity index (χ0) is 11.5. The summed E-state index contributed by atoms with van der Waals surface area (Å²) in [7, 11) is 0. The van der Waals surface area contributed by atoms with Crippen LogP contribution < -0.4 is 5.32 Å². The Morgan fingerprint density at radius 1 is 1.33 bits per heavy atom. The SMILES string of the molecule is CC(C)(C)OC(=O)Nc1ccccc1S. The fourth-order valence-electron chi connectivity index (χ4n) is 0.993. The van der Waals surface area contributed by atoms with Gasteiger partial charge in [0.25, 0.3) is 0 Å². The normalized spacial score (nSPS) is 10.9. The molecule has 0 unspecified atom stereocenters. The number of hydrogen-bond acceptors (Lipinski definition) is 3. The number of ether oxygens (including phenoxy) is 1. The first-order valence-electron chi connectivity index (χ1n) is 4.66. The molecule has 0 spiro atoms. The van der Waals surface area contributed by atoms with E-state index in [0.717, 1.165) is 0 Å². The lowest BCUT2D eigenvalue weighted by molar-refractivity contribution is 0.0635. The molecule has 0 saturated heterocycles. The molecule has 0 radical (unpaired) electrons. The summed E-state index contributed by atoms with van der Waals surface area (Å²) < 4.78 is 5.11. The molecule has 82 valence electrons. The molecule has 1 aromatic carbocycles. The molecule has 1 rings (SSSR count). The molecule has 1 aromatic rings. The molecule has 0 saturated carbocycles. The van der Waals surface area contributed by atoms with E-state index in [9.17, 15) is 4.79 Å². The number of carbonyl (C=O) groups is 1. The van der Waals surface area contributed by atoms with Crippen LogP contribution in [0.5, 0.6) is 0 Å². The molecule has 4 heteroatoms. The standard InChI is InChI=1S/C11H15NO2S/c1-11(2,3)14-10(13)12-8-6-4-5-7-9(8)15/h4-7,15H,1-3H3,(H,12,13). The summed E-state index contributed by atoms with van der Waals surface area (Å²) in [4.78, 5) is 12.1. The highest BCUT2D eigenvalue weighted by Crippen LogP contribution is 2.19. The first kappa shape index (κ1) is 11.9. The maximum Gasteiger partial charge on any atom is 0.412 e. The zero-order valence-electron chi connectivity index (χ0n) is 9.07. The van der Waals surface area contributed by atoms with Gasteiger partial charge >= 0.3 is 6.09 Å². The smallest absolute Gasteiger partial charge is 0.412 e. The minimum absolute atomic E-state index is 0.469. The third kappa shape index (κ3) is 4.25. The van der Waals surface area contributed by atoms with E-state index >= 15 is 0 Å². The van der Waals surface area contributed by atoms with Crippen molar-refractivity contribution in [2.75, 3.05) is 5.32 Å². The maximum absolute atomic E-state index is 11.4. The van der Waals surface area contributed by atoms with Gasteiger partial charge in [-0.1, -0.05) is 12.1 Å². The Bertz CT molecular complexity index is 358. The van der Waals surface area contributed by atoms with E-state index in [1.165, 1.54) is 0 Å². The average molecular weight is 225 g/mol. The van der Waals surface area contributed by atoms with Gasteiger partial charge in [-0.05, 0) is 32.9 Å². The van der Waals surface area contributed by atoms with Gasteiger partial charge in [0, 0.05) is 4.90 Å². The summed E-state index contributed by atoms with van der Waals surface area (Å²) in [6.45, 7) is 5.46. The van der Waals surface area contributed by atoms with Crippen molar-refractivity contribution in [2.24, 2.45) is 0 Å². The van der Waals surface area contributed by atoms with Crippen LogP contribution in [0.3, 0.4) is 0 Å². The van der Waals surface area contributed by atoms with Gasteiger partial charge < -0.3 is 4.74 Å². The van der Waals surface area contributed by atoms with Gasteiger partial charge in [0.1, 0.15) is 5.60 Å². The number of thiol groups is 1. The number of hydrogen-bond donors (Lipinski definition) is 2. The van der Waals surface area contributed by atoms with E-state index in [-0.39, 0.29) is 0 Å². The van der Waals surface area contributed by atoms with E-state index in [4.69, 9.17) is 4.74 Å². The van der Waals surface area contributed by atoms with Crippen molar-refractivity contribution in [3.63, 3.8) is 0 Å². The van der Waals surface area contributed by atoms with Crippen LogP contribution in [0.4, 0.5) is 10.5 Å². The number of anilines is 1. The monoisotopic (exact) mass is 225 g/mol. The number of carbonyl (C=O) groups excluding carboxylic acids is 1. The van der Waals surface area contributed by atoms with Crippen molar-refractivity contribution < 1.29 is 9.53 Å². The maximum atomic E-state index is 11.4. The first-order valence-corrected chi connectivity index (χ1v) is 5.11. The highest BCUT2D eigenvalue weighted by molar-refractivity contribution is 7.80. The van der Waals surface area contributed by atoms with Gasteiger partial charge in [-0.25, -0.2) is 4.79 Å². The van der Waals surface area contributed by atoms with Crippen LogP contribution >= 0.6 is 12.6 Å². The van der Waals surface area contributed by atoms with Crippen molar-refractivity contribution in [3.05, 3.63) is 24.3 Å². The third-order valence-electron chi connectivity index (χ3n) is 1.54. The van der Waals surface area contributed by atoms with Gasteiger partial charge in [-0.2, -0.15) is 0 Å². The Morgan fingerprint density at radius 2 is 1.93 bits per heavy atom. The van der Waals surface area contributed by atoms with Crippen molar-refractivity contribution in [1.29, 1.82) is 0 Å². The van der Waals surface area contributed by atoms with Crippen LogP contribution in [0.2, 0.25) is 0 Å². The summed E-state index contributed by atoms with van der Waals surface area (Å²) in [5.41, 5.74) is 0.158. The summed E-state index contributed by atoms with van der Waals surface area (Å²) in [6.07, 6.45) is -0.469. The highest BCUT2D eigenvalue weighted by atomic mass is 32.1. The molecule has 15 heavy (non-hydrogen) atoms. The molecular formula is C11H15NO2S. The zero-order valence-corrected chi connectivity index (χ0v) is 9.97. The van der Waals surface area contributed by atoms with Crippen LogP contribution in [0.1, 0.15) is 20.8 Å². The van der Waals surface area contributed by atoms with Crippen molar-refractivity contribution in [2.45, 2.75) is 31.3 Å². The molecule has 0 atom stereocenters. The molecule has 3 nitrogen and oxygen atoms in total. The second-order valence-corrected chi connectivity index (χ2v) is 4.63.